The van der Waals surface area contributed by atoms with Gasteiger partial charge < -0.3 is 9.64 Å². The molecule has 0 saturated carbocycles. The quantitative estimate of drug-likeness (QED) is 0.787. The molecule has 1 aromatic carbocycles. The van der Waals surface area contributed by atoms with Crippen molar-refractivity contribution in [2.45, 2.75) is 33.4 Å². The van der Waals surface area contributed by atoms with E-state index in [0.717, 1.165) is 5.75 Å². The predicted octanol–water partition coefficient (Wildman–Crippen LogP) is 2.29. The molecule has 2 aromatic rings. The van der Waals surface area contributed by atoms with Gasteiger partial charge in [0.25, 0.3) is 0 Å². The van der Waals surface area contributed by atoms with Crippen LogP contribution in [0.5, 0.6) is 5.75 Å². The summed E-state index contributed by atoms with van der Waals surface area (Å²) in [7, 11) is 0. The smallest absolute Gasteiger partial charge is 0.247 e. The Labute approximate surface area is 130 Å². The van der Waals surface area contributed by atoms with Crippen LogP contribution in [0, 0.1) is 0 Å². The maximum Gasteiger partial charge on any atom is 0.247 e. The summed E-state index contributed by atoms with van der Waals surface area (Å²) in [4.78, 5) is 14.1. The van der Waals surface area contributed by atoms with Crippen molar-refractivity contribution in [3.8, 4) is 5.75 Å². The average Bonchev–Trinajstić information content (AvgIpc) is 3.03. The van der Waals surface area contributed by atoms with Gasteiger partial charge in [-0.3, -0.25) is 4.79 Å². The first-order valence-corrected chi connectivity index (χ1v) is 7.53. The van der Waals surface area contributed by atoms with Gasteiger partial charge in [-0.2, -0.15) is 0 Å². The Morgan fingerprint density at radius 3 is 2.59 bits per heavy atom. The Kier molecular flexibility index (Phi) is 5.52. The molecule has 1 atom stereocenters. The molecule has 2 rings (SSSR count). The summed E-state index contributed by atoms with van der Waals surface area (Å²) in [5.41, 5.74) is 0.697. The molecular weight excluding hydrogens is 280 g/mol. The number of hydrogen-bond donors (Lipinski definition) is 0. The number of para-hydroxylation sites is 1. The Morgan fingerprint density at radius 2 is 1.95 bits per heavy atom. The first kappa shape index (κ1) is 16.0. The molecule has 6 nitrogen and oxygen atoms in total. The number of nitrogens with zero attached hydrogens (tertiary/aromatic N) is 4. The highest BCUT2D eigenvalue weighted by molar-refractivity contribution is 5.79. The number of hydrogen-bond acceptors (Lipinski definition) is 4. The molecule has 0 bridgehead atoms. The highest BCUT2D eigenvalue weighted by Gasteiger charge is 2.21. The van der Waals surface area contributed by atoms with E-state index in [0.29, 0.717) is 25.4 Å². The van der Waals surface area contributed by atoms with E-state index in [1.165, 1.54) is 0 Å². The van der Waals surface area contributed by atoms with Crippen LogP contribution >= 0.6 is 0 Å². The molecule has 1 aromatic heterocycles. The lowest BCUT2D eigenvalue weighted by Crippen LogP contribution is -2.36. The molecule has 0 unspecified atom stereocenters. The first-order valence-electron chi connectivity index (χ1n) is 7.53. The van der Waals surface area contributed by atoms with Crippen LogP contribution in [0.2, 0.25) is 0 Å². The number of likely N-dealkylation sites (N-methyl/N-ethyl adjacent to an activating group) is 1. The van der Waals surface area contributed by atoms with Gasteiger partial charge in [0.05, 0.1) is 6.20 Å². The summed E-state index contributed by atoms with van der Waals surface area (Å²) in [5, 5.41) is 8.10. The van der Waals surface area contributed by atoms with Crippen LogP contribution < -0.4 is 4.74 Å². The SMILES string of the molecule is CCN(CC)C(=O)[C@H](C)n1cc(COc2ccccc2)nn1. The Hall–Kier alpha value is -2.37. The van der Waals surface area contributed by atoms with Gasteiger partial charge >= 0.3 is 0 Å². The zero-order chi connectivity index (χ0) is 15.9. The molecule has 0 spiro atoms. The number of carbonyl (C=O) groups is 1. The second-order valence-corrected chi connectivity index (χ2v) is 4.98. The van der Waals surface area contributed by atoms with Crippen LogP contribution in [0.1, 0.15) is 32.5 Å². The zero-order valence-electron chi connectivity index (χ0n) is 13.3. The fraction of sp³-hybridized carbons (Fsp3) is 0.438. The van der Waals surface area contributed by atoms with Crippen LogP contribution in [0.3, 0.4) is 0 Å². The normalized spacial score (nSPS) is 12.0. The van der Waals surface area contributed by atoms with Gasteiger partial charge in [0.2, 0.25) is 5.91 Å². The first-order chi connectivity index (χ1) is 10.7. The molecule has 6 heteroatoms. The lowest BCUT2D eigenvalue weighted by atomic mass is 10.3. The highest BCUT2D eigenvalue weighted by atomic mass is 16.5. The summed E-state index contributed by atoms with van der Waals surface area (Å²) in [6.45, 7) is 7.48. The topological polar surface area (TPSA) is 60.2 Å². The maximum atomic E-state index is 12.3. The third-order valence-corrected chi connectivity index (χ3v) is 3.52. The molecular formula is C16H22N4O2. The summed E-state index contributed by atoms with van der Waals surface area (Å²) >= 11 is 0. The molecule has 22 heavy (non-hydrogen) atoms. The van der Waals surface area contributed by atoms with Gasteiger partial charge in [0.15, 0.2) is 0 Å². The van der Waals surface area contributed by atoms with Gasteiger partial charge in [0, 0.05) is 13.1 Å². The fourth-order valence-electron chi connectivity index (χ4n) is 2.16. The van der Waals surface area contributed by atoms with Crippen molar-refractivity contribution in [1.82, 2.24) is 19.9 Å². The lowest BCUT2D eigenvalue weighted by Gasteiger charge is -2.22. The second kappa shape index (κ2) is 7.59. The van der Waals surface area contributed by atoms with Gasteiger partial charge in [-0.1, -0.05) is 23.4 Å². The molecule has 0 saturated heterocycles. The van der Waals surface area contributed by atoms with E-state index in [1.54, 1.807) is 15.8 Å². The third-order valence-electron chi connectivity index (χ3n) is 3.52. The van der Waals surface area contributed by atoms with E-state index in [4.69, 9.17) is 4.74 Å². The second-order valence-electron chi connectivity index (χ2n) is 4.98. The lowest BCUT2D eigenvalue weighted by molar-refractivity contribution is -0.134. The van der Waals surface area contributed by atoms with E-state index in [2.05, 4.69) is 10.3 Å². The molecule has 118 valence electrons. The number of benzene rings is 1. The minimum absolute atomic E-state index is 0.0467. The molecule has 1 amide bonds. The Morgan fingerprint density at radius 1 is 1.27 bits per heavy atom. The Bertz CT molecular complexity index is 593. The monoisotopic (exact) mass is 302 g/mol. The van der Waals surface area contributed by atoms with Crippen LogP contribution in [-0.4, -0.2) is 38.9 Å². The third kappa shape index (κ3) is 3.84. The van der Waals surface area contributed by atoms with Gasteiger partial charge in [-0.15, -0.1) is 5.10 Å². The van der Waals surface area contributed by atoms with E-state index in [9.17, 15) is 4.79 Å². The molecule has 0 N–H and O–H groups in total. The highest BCUT2D eigenvalue weighted by Crippen LogP contribution is 2.12. The van der Waals surface area contributed by atoms with E-state index >= 15 is 0 Å². The van der Waals surface area contributed by atoms with E-state index < -0.39 is 0 Å². The van der Waals surface area contributed by atoms with Crippen molar-refractivity contribution in [3.05, 3.63) is 42.2 Å². The van der Waals surface area contributed by atoms with E-state index in [1.807, 2.05) is 51.1 Å². The van der Waals surface area contributed by atoms with Gasteiger partial charge in [0.1, 0.15) is 24.1 Å². The summed E-state index contributed by atoms with van der Waals surface area (Å²) in [6.07, 6.45) is 1.76. The van der Waals surface area contributed by atoms with E-state index in [-0.39, 0.29) is 11.9 Å². The maximum absolute atomic E-state index is 12.3. The van der Waals surface area contributed by atoms with Crippen molar-refractivity contribution >= 4 is 5.91 Å². The minimum Gasteiger partial charge on any atom is -0.487 e. The molecule has 0 aliphatic rings. The van der Waals surface area contributed by atoms with Gasteiger partial charge in [-0.25, -0.2) is 4.68 Å². The largest absolute Gasteiger partial charge is 0.487 e. The molecule has 1 heterocycles. The number of amides is 1. The number of rotatable bonds is 7. The minimum atomic E-state index is -0.363. The van der Waals surface area contributed by atoms with Gasteiger partial charge in [-0.05, 0) is 32.9 Å². The van der Waals surface area contributed by atoms with Crippen molar-refractivity contribution < 1.29 is 9.53 Å². The van der Waals surface area contributed by atoms with Crippen molar-refractivity contribution in [1.29, 1.82) is 0 Å². The molecule has 0 fully saturated rings. The Balaban J connectivity index is 1.97. The van der Waals surface area contributed by atoms with Crippen LogP contribution in [0.15, 0.2) is 36.5 Å². The van der Waals surface area contributed by atoms with Crippen molar-refractivity contribution in [2.75, 3.05) is 13.1 Å². The zero-order valence-corrected chi connectivity index (χ0v) is 13.3. The summed E-state index contributed by atoms with van der Waals surface area (Å²) in [5.74, 6) is 0.828. The average molecular weight is 302 g/mol. The number of carbonyl (C=O) groups excluding carboxylic acids is 1. The molecule has 0 aliphatic heterocycles. The number of ether oxygens (including phenoxy) is 1. The molecule has 0 radical (unpaired) electrons. The van der Waals surface area contributed by atoms with Crippen molar-refractivity contribution in [2.24, 2.45) is 0 Å². The van der Waals surface area contributed by atoms with Crippen LogP contribution in [0.4, 0.5) is 0 Å². The standard InChI is InChI=1S/C16H22N4O2/c1-4-19(5-2)16(21)13(3)20-11-14(17-18-20)12-22-15-9-7-6-8-10-15/h6-11,13H,4-5,12H2,1-3H3/t13-/m0/s1. The van der Waals surface area contributed by atoms with Crippen LogP contribution in [-0.2, 0) is 11.4 Å². The van der Waals surface area contributed by atoms with Crippen LogP contribution in [0.25, 0.3) is 0 Å². The fourth-order valence-corrected chi connectivity index (χ4v) is 2.16. The summed E-state index contributed by atoms with van der Waals surface area (Å²) < 4.78 is 7.21. The summed E-state index contributed by atoms with van der Waals surface area (Å²) in [6, 6.07) is 9.17. The number of aromatic nitrogens is 3. The predicted molar refractivity (Wildman–Crippen MR) is 83.4 cm³/mol. The molecule has 0 aliphatic carbocycles. The van der Waals surface area contributed by atoms with Crippen molar-refractivity contribution in [3.63, 3.8) is 0 Å².